The number of amides is 1. The zero-order valence-electron chi connectivity index (χ0n) is 18.1. The molecule has 2 aliphatic heterocycles. The predicted molar refractivity (Wildman–Crippen MR) is 125 cm³/mol. The van der Waals surface area contributed by atoms with E-state index in [-0.39, 0.29) is 18.1 Å². The van der Waals surface area contributed by atoms with Gasteiger partial charge in [0.05, 0.1) is 23.3 Å². The van der Waals surface area contributed by atoms with Gasteiger partial charge in [0.1, 0.15) is 6.10 Å². The second-order valence-electron chi connectivity index (χ2n) is 8.34. The molecule has 0 saturated carbocycles. The van der Waals surface area contributed by atoms with Crippen molar-refractivity contribution >= 4 is 29.1 Å². The number of piperidine rings is 1. The Morgan fingerprint density at radius 1 is 1.00 bits per heavy atom. The number of rotatable bonds is 8. The van der Waals surface area contributed by atoms with Crippen LogP contribution in [0.15, 0.2) is 48.5 Å². The first-order chi connectivity index (χ1) is 15.6. The predicted octanol–water partition coefficient (Wildman–Crippen LogP) is 5.44. The molecule has 3 unspecified atom stereocenters. The van der Waals surface area contributed by atoms with Crippen LogP contribution >= 0.6 is 23.2 Å². The Balaban J connectivity index is 1.42. The lowest BCUT2D eigenvalue weighted by atomic mass is 9.88. The van der Waals surface area contributed by atoms with Crippen LogP contribution in [0.5, 0.6) is 0 Å². The third-order valence-electron chi connectivity index (χ3n) is 6.00. The van der Waals surface area contributed by atoms with Crippen LogP contribution in [0.25, 0.3) is 0 Å². The lowest BCUT2D eigenvalue weighted by Gasteiger charge is -2.37. The van der Waals surface area contributed by atoms with Gasteiger partial charge in [0.25, 0.3) is 5.91 Å². The number of carbonyl (C=O) groups excluding carboxylic acids is 1. The van der Waals surface area contributed by atoms with Crippen molar-refractivity contribution in [1.82, 2.24) is 4.90 Å². The standard InChI is InChI=1S/C25H29Cl2NO4/c26-21-10-9-19(14-22(21)27)20-15-23(30-12-13-32-24-8-4-5-11-31-24)25(29)28(17-20)16-18-6-2-1-3-7-18/h1-3,6-7,9-10,14,20,23-24H,4-5,8,11-13,15-17H2. The Bertz CT molecular complexity index is 889. The molecule has 0 spiro atoms. The average Bonchev–Trinajstić information content (AvgIpc) is 2.82. The van der Waals surface area contributed by atoms with Crippen LogP contribution < -0.4 is 0 Å². The third-order valence-corrected chi connectivity index (χ3v) is 6.74. The van der Waals surface area contributed by atoms with Gasteiger partial charge in [-0.05, 0) is 48.9 Å². The van der Waals surface area contributed by atoms with Crippen molar-refractivity contribution in [2.24, 2.45) is 0 Å². The Hall–Kier alpha value is -1.63. The van der Waals surface area contributed by atoms with Crippen LogP contribution in [0.3, 0.4) is 0 Å². The van der Waals surface area contributed by atoms with Gasteiger partial charge < -0.3 is 19.1 Å². The minimum absolute atomic E-state index is 0.0130. The zero-order chi connectivity index (χ0) is 22.3. The second kappa shape index (κ2) is 11.5. The van der Waals surface area contributed by atoms with E-state index in [2.05, 4.69) is 0 Å². The van der Waals surface area contributed by atoms with E-state index in [0.717, 1.165) is 37.0 Å². The Kier molecular flexibility index (Phi) is 8.44. The van der Waals surface area contributed by atoms with Gasteiger partial charge in [-0.25, -0.2) is 0 Å². The molecule has 0 N–H and O–H groups in total. The van der Waals surface area contributed by atoms with Crippen molar-refractivity contribution in [3.8, 4) is 0 Å². The Morgan fingerprint density at radius 2 is 1.81 bits per heavy atom. The SMILES string of the molecule is O=C1C(OCCOC2CCCCO2)CC(c2ccc(Cl)c(Cl)c2)CN1Cc1ccccc1. The van der Waals surface area contributed by atoms with Crippen molar-refractivity contribution in [2.45, 2.75) is 50.5 Å². The molecule has 2 saturated heterocycles. The van der Waals surface area contributed by atoms with Gasteiger partial charge in [0, 0.05) is 25.6 Å². The van der Waals surface area contributed by atoms with Gasteiger partial charge in [-0.15, -0.1) is 0 Å². The van der Waals surface area contributed by atoms with Crippen molar-refractivity contribution in [1.29, 1.82) is 0 Å². The maximum absolute atomic E-state index is 13.2. The fraction of sp³-hybridized carbons (Fsp3) is 0.480. The lowest BCUT2D eigenvalue weighted by Crippen LogP contribution is -2.48. The molecule has 5 nitrogen and oxygen atoms in total. The molecular formula is C25H29Cl2NO4. The molecule has 1 amide bonds. The van der Waals surface area contributed by atoms with Gasteiger partial charge in [-0.3, -0.25) is 4.79 Å². The average molecular weight is 478 g/mol. The monoisotopic (exact) mass is 477 g/mol. The van der Waals surface area contributed by atoms with Crippen molar-refractivity contribution < 1.29 is 19.0 Å². The number of carbonyl (C=O) groups is 1. The van der Waals surface area contributed by atoms with Crippen molar-refractivity contribution in [3.05, 3.63) is 69.7 Å². The summed E-state index contributed by atoms with van der Waals surface area (Å²) >= 11 is 12.4. The normalized spacial score (nSPS) is 24.0. The molecule has 7 heteroatoms. The first-order valence-electron chi connectivity index (χ1n) is 11.2. The molecule has 2 aliphatic rings. The van der Waals surface area contributed by atoms with E-state index in [4.69, 9.17) is 37.4 Å². The summed E-state index contributed by atoms with van der Waals surface area (Å²) in [7, 11) is 0. The van der Waals surface area contributed by atoms with E-state index in [1.807, 2.05) is 53.4 Å². The number of hydrogen-bond acceptors (Lipinski definition) is 4. The zero-order valence-corrected chi connectivity index (χ0v) is 19.6. The summed E-state index contributed by atoms with van der Waals surface area (Å²) in [6, 6.07) is 15.7. The fourth-order valence-electron chi connectivity index (χ4n) is 4.30. The number of hydrogen-bond donors (Lipinski definition) is 0. The number of benzene rings is 2. The number of ether oxygens (including phenoxy) is 3. The quantitative estimate of drug-likeness (QED) is 0.475. The molecule has 32 heavy (non-hydrogen) atoms. The van der Waals surface area contributed by atoms with Crippen LogP contribution in [0, 0.1) is 0 Å². The lowest BCUT2D eigenvalue weighted by molar-refractivity contribution is -0.175. The fourth-order valence-corrected chi connectivity index (χ4v) is 4.61. The molecule has 2 aromatic rings. The number of halogens is 2. The summed E-state index contributed by atoms with van der Waals surface area (Å²) in [6.07, 6.45) is 3.03. The highest BCUT2D eigenvalue weighted by Crippen LogP contribution is 2.33. The summed E-state index contributed by atoms with van der Waals surface area (Å²) < 4.78 is 17.4. The van der Waals surface area contributed by atoms with E-state index in [0.29, 0.717) is 42.8 Å². The van der Waals surface area contributed by atoms with E-state index in [1.165, 1.54) is 0 Å². The molecule has 0 radical (unpaired) electrons. The maximum Gasteiger partial charge on any atom is 0.252 e. The van der Waals surface area contributed by atoms with Gasteiger partial charge in [0.15, 0.2) is 6.29 Å². The molecule has 0 aliphatic carbocycles. The largest absolute Gasteiger partial charge is 0.366 e. The van der Waals surface area contributed by atoms with Crippen LogP contribution in [0.1, 0.15) is 42.7 Å². The van der Waals surface area contributed by atoms with E-state index in [9.17, 15) is 4.79 Å². The van der Waals surface area contributed by atoms with Crippen LogP contribution in [-0.4, -0.2) is 49.6 Å². The molecule has 2 aromatic carbocycles. The molecular weight excluding hydrogens is 449 g/mol. The first-order valence-corrected chi connectivity index (χ1v) is 12.0. The smallest absolute Gasteiger partial charge is 0.252 e. The van der Waals surface area contributed by atoms with Crippen LogP contribution in [0.4, 0.5) is 0 Å². The van der Waals surface area contributed by atoms with Crippen LogP contribution in [0.2, 0.25) is 10.0 Å². The number of nitrogens with zero attached hydrogens (tertiary/aromatic N) is 1. The van der Waals surface area contributed by atoms with Gasteiger partial charge in [-0.1, -0.05) is 59.6 Å². The van der Waals surface area contributed by atoms with E-state index < -0.39 is 6.10 Å². The van der Waals surface area contributed by atoms with Crippen molar-refractivity contribution in [2.75, 3.05) is 26.4 Å². The van der Waals surface area contributed by atoms with Gasteiger partial charge >= 0.3 is 0 Å². The second-order valence-corrected chi connectivity index (χ2v) is 9.15. The molecule has 3 atom stereocenters. The highest BCUT2D eigenvalue weighted by atomic mass is 35.5. The summed E-state index contributed by atoms with van der Waals surface area (Å²) in [5.74, 6) is 0.123. The Labute approximate surface area is 199 Å². The van der Waals surface area contributed by atoms with E-state index in [1.54, 1.807) is 0 Å². The van der Waals surface area contributed by atoms with Crippen molar-refractivity contribution in [3.63, 3.8) is 0 Å². The highest BCUT2D eigenvalue weighted by Gasteiger charge is 2.36. The molecule has 2 fully saturated rings. The van der Waals surface area contributed by atoms with Crippen LogP contribution in [-0.2, 0) is 25.5 Å². The topological polar surface area (TPSA) is 48.0 Å². The van der Waals surface area contributed by atoms with Gasteiger partial charge in [0.2, 0.25) is 0 Å². The Morgan fingerprint density at radius 3 is 2.56 bits per heavy atom. The molecule has 2 heterocycles. The third kappa shape index (κ3) is 6.24. The van der Waals surface area contributed by atoms with Gasteiger partial charge in [-0.2, -0.15) is 0 Å². The minimum Gasteiger partial charge on any atom is -0.366 e. The molecule has 172 valence electrons. The minimum atomic E-state index is -0.525. The number of likely N-dealkylation sites (tertiary alicyclic amines) is 1. The molecule has 4 rings (SSSR count). The molecule has 0 bridgehead atoms. The summed E-state index contributed by atoms with van der Waals surface area (Å²) in [5, 5.41) is 1.05. The molecule has 0 aromatic heterocycles. The summed E-state index contributed by atoms with van der Waals surface area (Å²) in [4.78, 5) is 15.1. The maximum atomic E-state index is 13.2. The first kappa shape index (κ1) is 23.5. The van der Waals surface area contributed by atoms with E-state index >= 15 is 0 Å². The highest BCUT2D eigenvalue weighted by molar-refractivity contribution is 6.42. The summed E-state index contributed by atoms with van der Waals surface area (Å²) in [5.41, 5.74) is 2.15. The summed E-state index contributed by atoms with van der Waals surface area (Å²) in [6.45, 7) is 2.66.